The molecule has 0 aliphatic heterocycles. The average Bonchev–Trinajstić information content (AvgIpc) is 2.86. The number of hydrogen-bond acceptors (Lipinski definition) is 6. The smallest absolute Gasteiger partial charge is 0.254 e. The molecular formula is C25H30N4O3. The molecule has 32 heavy (non-hydrogen) atoms. The number of carbonyl (C=O) groups is 1. The highest BCUT2D eigenvalue weighted by atomic mass is 16.5. The lowest BCUT2D eigenvalue weighted by Crippen LogP contribution is -2.28. The Bertz CT molecular complexity index is 990. The normalized spacial score (nSPS) is 10.8. The van der Waals surface area contributed by atoms with Crippen molar-refractivity contribution in [2.75, 3.05) is 33.4 Å². The molecule has 168 valence electrons. The minimum Gasteiger partial charge on any atom is -0.493 e. The molecule has 0 saturated carbocycles. The molecule has 0 bridgehead atoms. The van der Waals surface area contributed by atoms with Gasteiger partial charge in [-0.3, -0.25) is 4.79 Å². The van der Waals surface area contributed by atoms with Gasteiger partial charge < -0.3 is 19.7 Å². The Morgan fingerprint density at radius 2 is 1.72 bits per heavy atom. The van der Waals surface area contributed by atoms with Crippen molar-refractivity contribution >= 4 is 5.91 Å². The number of benzene rings is 2. The first-order valence-electron chi connectivity index (χ1n) is 10.8. The molecule has 0 aliphatic rings. The Hall–Kier alpha value is -3.45. The van der Waals surface area contributed by atoms with Gasteiger partial charge in [0.15, 0.2) is 17.3 Å². The Morgan fingerprint density at radius 1 is 1.00 bits per heavy atom. The van der Waals surface area contributed by atoms with Crippen molar-refractivity contribution in [3.8, 4) is 22.9 Å². The zero-order valence-corrected chi connectivity index (χ0v) is 18.9. The molecule has 7 nitrogen and oxygen atoms in total. The highest BCUT2D eigenvalue weighted by Crippen LogP contribution is 2.28. The number of methoxy groups -OCH3 is 1. The van der Waals surface area contributed by atoms with Gasteiger partial charge in [0.05, 0.1) is 12.7 Å². The summed E-state index contributed by atoms with van der Waals surface area (Å²) in [6, 6.07) is 15.3. The molecule has 3 aromatic rings. The molecule has 1 N–H and O–H groups in total. The van der Waals surface area contributed by atoms with Gasteiger partial charge in [0.2, 0.25) is 0 Å². The van der Waals surface area contributed by atoms with E-state index in [-0.39, 0.29) is 5.91 Å². The quantitative estimate of drug-likeness (QED) is 0.495. The van der Waals surface area contributed by atoms with E-state index in [1.807, 2.05) is 48.5 Å². The third-order valence-corrected chi connectivity index (χ3v) is 5.19. The molecular weight excluding hydrogens is 404 g/mol. The van der Waals surface area contributed by atoms with Crippen LogP contribution in [0, 0.1) is 0 Å². The van der Waals surface area contributed by atoms with Crippen molar-refractivity contribution in [2.45, 2.75) is 20.4 Å². The summed E-state index contributed by atoms with van der Waals surface area (Å²) >= 11 is 0. The van der Waals surface area contributed by atoms with Gasteiger partial charge in [0.1, 0.15) is 6.61 Å². The van der Waals surface area contributed by atoms with Gasteiger partial charge in [0, 0.05) is 31.0 Å². The molecule has 0 saturated heterocycles. The van der Waals surface area contributed by atoms with Crippen LogP contribution in [-0.4, -0.2) is 54.1 Å². The van der Waals surface area contributed by atoms with E-state index in [1.165, 1.54) is 12.4 Å². The van der Waals surface area contributed by atoms with Gasteiger partial charge in [-0.2, -0.15) is 0 Å². The van der Waals surface area contributed by atoms with Crippen LogP contribution in [0.3, 0.4) is 0 Å². The number of aromatic nitrogens is 2. The maximum Gasteiger partial charge on any atom is 0.254 e. The minimum absolute atomic E-state index is 0.233. The summed E-state index contributed by atoms with van der Waals surface area (Å²) in [4.78, 5) is 23.4. The van der Waals surface area contributed by atoms with E-state index in [4.69, 9.17) is 9.47 Å². The lowest BCUT2D eigenvalue weighted by Gasteiger charge is -2.19. The minimum atomic E-state index is -0.233. The second kappa shape index (κ2) is 11.8. The summed E-state index contributed by atoms with van der Waals surface area (Å²) in [5.74, 6) is 1.69. The van der Waals surface area contributed by atoms with E-state index in [9.17, 15) is 4.79 Å². The lowest BCUT2D eigenvalue weighted by molar-refractivity contribution is 0.0950. The van der Waals surface area contributed by atoms with Crippen molar-refractivity contribution in [3.63, 3.8) is 0 Å². The first-order valence-corrected chi connectivity index (χ1v) is 10.8. The van der Waals surface area contributed by atoms with Crippen LogP contribution >= 0.6 is 0 Å². The molecule has 0 unspecified atom stereocenters. The van der Waals surface area contributed by atoms with Gasteiger partial charge in [0.25, 0.3) is 5.91 Å². The van der Waals surface area contributed by atoms with Crippen LogP contribution in [0.5, 0.6) is 11.5 Å². The van der Waals surface area contributed by atoms with Crippen molar-refractivity contribution in [2.24, 2.45) is 0 Å². The number of nitrogens with zero attached hydrogens (tertiary/aromatic N) is 3. The average molecular weight is 435 g/mol. The predicted molar refractivity (Wildman–Crippen MR) is 125 cm³/mol. The Morgan fingerprint density at radius 3 is 2.38 bits per heavy atom. The summed E-state index contributed by atoms with van der Waals surface area (Å²) in [5, 5.41) is 2.90. The van der Waals surface area contributed by atoms with Crippen LogP contribution in [0.4, 0.5) is 0 Å². The van der Waals surface area contributed by atoms with E-state index < -0.39 is 0 Å². The number of likely N-dealkylation sites (N-methyl/N-ethyl adjacent to an activating group) is 1. The second-order valence-electron chi connectivity index (χ2n) is 7.20. The van der Waals surface area contributed by atoms with Gasteiger partial charge in [-0.05, 0) is 30.8 Å². The largest absolute Gasteiger partial charge is 0.493 e. The third kappa shape index (κ3) is 6.28. The maximum atomic E-state index is 12.5. The van der Waals surface area contributed by atoms with Crippen LogP contribution in [0.2, 0.25) is 0 Å². The van der Waals surface area contributed by atoms with E-state index in [0.717, 1.165) is 30.8 Å². The van der Waals surface area contributed by atoms with E-state index in [0.29, 0.717) is 36.0 Å². The molecule has 0 fully saturated rings. The molecule has 0 spiro atoms. The van der Waals surface area contributed by atoms with Crippen molar-refractivity contribution in [3.05, 3.63) is 72.1 Å². The monoisotopic (exact) mass is 434 g/mol. The van der Waals surface area contributed by atoms with Crippen molar-refractivity contribution in [1.29, 1.82) is 0 Å². The Kier molecular flexibility index (Phi) is 8.57. The molecule has 1 amide bonds. The van der Waals surface area contributed by atoms with Gasteiger partial charge in [-0.25, -0.2) is 9.97 Å². The van der Waals surface area contributed by atoms with Crippen LogP contribution < -0.4 is 14.8 Å². The maximum absolute atomic E-state index is 12.5. The molecule has 0 radical (unpaired) electrons. The fourth-order valence-electron chi connectivity index (χ4n) is 3.23. The molecule has 0 aliphatic carbocycles. The van der Waals surface area contributed by atoms with E-state index in [1.54, 1.807) is 7.11 Å². The second-order valence-corrected chi connectivity index (χ2v) is 7.20. The van der Waals surface area contributed by atoms with Gasteiger partial charge in [-0.1, -0.05) is 50.2 Å². The van der Waals surface area contributed by atoms with Crippen LogP contribution in [0.15, 0.2) is 60.9 Å². The Labute approximate surface area is 189 Å². The summed E-state index contributed by atoms with van der Waals surface area (Å²) < 4.78 is 11.4. The van der Waals surface area contributed by atoms with Gasteiger partial charge in [-0.15, -0.1) is 0 Å². The van der Waals surface area contributed by atoms with Gasteiger partial charge >= 0.3 is 0 Å². The number of amides is 1. The summed E-state index contributed by atoms with van der Waals surface area (Å²) in [5.41, 5.74) is 2.23. The molecule has 2 aromatic carbocycles. The molecule has 1 heterocycles. The molecule has 3 rings (SSSR count). The summed E-state index contributed by atoms with van der Waals surface area (Å²) in [6.07, 6.45) is 3.08. The number of carbonyl (C=O) groups excluding carboxylic acids is 1. The Balaban J connectivity index is 1.56. The molecule has 1 aromatic heterocycles. The molecule has 0 atom stereocenters. The lowest BCUT2D eigenvalue weighted by atomic mass is 10.2. The third-order valence-electron chi connectivity index (χ3n) is 5.19. The fraction of sp³-hybridized carbons (Fsp3) is 0.320. The van der Waals surface area contributed by atoms with Crippen LogP contribution in [-0.2, 0) is 6.54 Å². The zero-order valence-electron chi connectivity index (χ0n) is 18.9. The predicted octanol–water partition coefficient (Wildman–Crippen LogP) is 3.80. The highest BCUT2D eigenvalue weighted by Gasteiger charge is 2.10. The molecule has 7 heteroatoms. The topological polar surface area (TPSA) is 76.6 Å². The van der Waals surface area contributed by atoms with Crippen LogP contribution in [0.1, 0.15) is 29.8 Å². The zero-order chi connectivity index (χ0) is 22.8. The highest BCUT2D eigenvalue weighted by molar-refractivity contribution is 5.93. The van der Waals surface area contributed by atoms with Crippen molar-refractivity contribution < 1.29 is 14.3 Å². The first-order chi connectivity index (χ1) is 15.6. The standard InChI is InChI=1S/C25H30N4O3/c1-4-29(5-2)13-14-32-22-12-11-19(15-23(22)31-3)16-28-25(30)21-17-26-24(27-18-21)20-9-7-6-8-10-20/h6-12,15,17-18H,4-5,13-14,16H2,1-3H3,(H,28,30). The summed E-state index contributed by atoms with van der Waals surface area (Å²) in [6.45, 7) is 8.07. The van der Waals surface area contributed by atoms with E-state index >= 15 is 0 Å². The SMILES string of the molecule is CCN(CC)CCOc1ccc(CNC(=O)c2cnc(-c3ccccc3)nc2)cc1OC. The van der Waals surface area contributed by atoms with E-state index in [2.05, 4.69) is 34.0 Å². The number of nitrogens with one attached hydrogen (secondary N) is 1. The van der Waals surface area contributed by atoms with Crippen LogP contribution in [0.25, 0.3) is 11.4 Å². The number of ether oxygens (including phenoxy) is 2. The number of hydrogen-bond donors (Lipinski definition) is 1. The van der Waals surface area contributed by atoms with Crippen molar-refractivity contribution in [1.82, 2.24) is 20.2 Å². The summed E-state index contributed by atoms with van der Waals surface area (Å²) in [7, 11) is 1.61. The first kappa shape index (κ1) is 23.2. The fourth-order valence-corrected chi connectivity index (χ4v) is 3.23. The number of rotatable bonds is 11.